The predicted octanol–water partition coefficient (Wildman–Crippen LogP) is 0.446. The molecule has 1 atom stereocenters. The summed E-state index contributed by atoms with van der Waals surface area (Å²) in [5, 5.41) is 14.9. The summed E-state index contributed by atoms with van der Waals surface area (Å²) in [6.07, 6.45) is 0.417. The standard InChI is InChI=1S/C12H18N2O2/c1-13-12(16)7-8-14-11(9-15)10-5-3-2-4-6-10/h2-6,11,14-15H,7-9H2,1H3,(H,13,16). The number of benzene rings is 1. The molecule has 1 rings (SSSR count). The van der Waals surface area contributed by atoms with Gasteiger partial charge in [-0.15, -0.1) is 0 Å². The minimum absolute atomic E-state index is 0.00254. The minimum Gasteiger partial charge on any atom is -0.394 e. The monoisotopic (exact) mass is 222 g/mol. The molecule has 0 aromatic heterocycles. The quantitative estimate of drug-likeness (QED) is 0.654. The van der Waals surface area contributed by atoms with Gasteiger partial charge in [0.1, 0.15) is 0 Å². The molecule has 16 heavy (non-hydrogen) atoms. The summed E-state index contributed by atoms with van der Waals surface area (Å²) in [5.41, 5.74) is 1.03. The lowest BCUT2D eigenvalue weighted by atomic mass is 10.1. The van der Waals surface area contributed by atoms with E-state index in [1.807, 2.05) is 30.3 Å². The summed E-state index contributed by atoms with van der Waals surface area (Å²) in [5.74, 6) is -0.00254. The van der Waals surface area contributed by atoms with Crippen LogP contribution in [-0.2, 0) is 4.79 Å². The molecule has 0 aliphatic rings. The molecule has 0 aliphatic heterocycles. The van der Waals surface area contributed by atoms with Gasteiger partial charge in [0.15, 0.2) is 0 Å². The van der Waals surface area contributed by atoms with E-state index in [0.717, 1.165) is 5.56 Å². The summed E-state index contributed by atoms with van der Waals surface area (Å²) in [7, 11) is 1.61. The number of hydrogen-bond acceptors (Lipinski definition) is 3. The first-order valence-electron chi connectivity index (χ1n) is 5.37. The average molecular weight is 222 g/mol. The lowest BCUT2D eigenvalue weighted by Gasteiger charge is -2.16. The first kappa shape index (κ1) is 12.7. The minimum atomic E-state index is -0.106. The Hall–Kier alpha value is -1.39. The zero-order chi connectivity index (χ0) is 11.8. The Bertz CT molecular complexity index is 314. The van der Waals surface area contributed by atoms with Crippen LogP contribution < -0.4 is 10.6 Å². The summed E-state index contributed by atoms with van der Waals surface area (Å²) in [6.45, 7) is 0.581. The molecule has 1 amide bonds. The third-order valence-electron chi connectivity index (χ3n) is 2.41. The second kappa shape index (κ2) is 6.98. The van der Waals surface area contributed by atoms with E-state index in [2.05, 4.69) is 10.6 Å². The highest BCUT2D eigenvalue weighted by Crippen LogP contribution is 2.10. The largest absolute Gasteiger partial charge is 0.394 e. The first-order chi connectivity index (χ1) is 7.77. The van der Waals surface area contributed by atoms with Crippen LogP contribution in [0.25, 0.3) is 0 Å². The molecule has 4 nitrogen and oxygen atoms in total. The predicted molar refractivity (Wildman–Crippen MR) is 63.0 cm³/mol. The van der Waals surface area contributed by atoms with Gasteiger partial charge in [-0.1, -0.05) is 30.3 Å². The zero-order valence-electron chi connectivity index (χ0n) is 9.44. The fourth-order valence-corrected chi connectivity index (χ4v) is 1.46. The lowest BCUT2D eigenvalue weighted by molar-refractivity contribution is -0.120. The molecule has 0 heterocycles. The fraction of sp³-hybridized carbons (Fsp3) is 0.417. The molecule has 0 aliphatic carbocycles. The highest BCUT2D eigenvalue weighted by atomic mass is 16.3. The molecule has 1 aromatic carbocycles. The van der Waals surface area contributed by atoms with Gasteiger partial charge in [0.05, 0.1) is 12.6 Å². The molecule has 0 saturated carbocycles. The van der Waals surface area contributed by atoms with E-state index in [0.29, 0.717) is 13.0 Å². The molecule has 1 unspecified atom stereocenters. The topological polar surface area (TPSA) is 61.4 Å². The van der Waals surface area contributed by atoms with Crippen LogP contribution in [0.1, 0.15) is 18.0 Å². The third-order valence-corrected chi connectivity index (χ3v) is 2.41. The molecule has 3 N–H and O–H groups in total. The van der Waals surface area contributed by atoms with E-state index in [1.54, 1.807) is 7.05 Å². The van der Waals surface area contributed by atoms with Gasteiger partial charge in [0.2, 0.25) is 5.91 Å². The molecular weight excluding hydrogens is 204 g/mol. The van der Waals surface area contributed by atoms with Crippen LogP contribution >= 0.6 is 0 Å². The number of amides is 1. The van der Waals surface area contributed by atoms with E-state index in [1.165, 1.54) is 0 Å². The lowest BCUT2D eigenvalue weighted by Crippen LogP contribution is -2.29. The van der Waals surface area contributed by atoms with Crippen LogP contribution in [0.3, 0.4) is 0 Å². The van der Waals surface area contributed by atoms with Crippen molar-refractivity contribution >= 4 is 5.91 Å². The molecule has 0 radical (unpaired) electrons. The van der Waals surface area contributed by atoms with E-state index in [9.17, 15) is 9.90 Å². The maximum Gasteiger partial charge on any atom is 0.221 e. The Balaban J connectivity index is 2.41. The van der Waals surface area contributed by atoms with Crippen LogP contribution in [0.4, 0.5) is 0 Å². The summed E-state index contributed by atoms with van der Waals surface area (Å²) in [4.78, 5) is 11.0. The van der Waals surface area contributed by atoms with Gasteiger partial charge >= 0.3 is 0 Å². The first-order valence-corrected chi connectivity index (χ1v) is 5.37. The van der Waals surface area contributed by atoms with Gasteiger partial charge in [-0.2, -0.15) is 0 Å². The molecule has 0 bridgehead atoms. The molecule has 0 saturated heterocycles. The van der Waals surface area contributed by atoms with E-state index < -0.39 is 0 Å². The molecular formula is C12H18N2O2. The molecule has 4 heteroatoms. The third kappa shape index (κ3) is 4.00. The summed E-state index contributed by atoms with van der Waals surface area (Å²) >= 11 is 0. The van der Waals surface area contributed by atoms with Gasteiger partial charge in [0.25, 0.3) is 0 Å². The summed E-state index contributed by atoms with van der Waals surface area (Å²) in [6, 6.07) is 9.59. The van der Waals surface area contributed by atoms with Crippen LogP contribution in [0.5, 0.6) is 0 Å². The molecule has 0 fully saturated rings. The van der Waals surface area contributed by atoms with Crippen molar-refractivity contribution in [1.29, 1.82) is 0 Å². The second-order valence-corrected chi connectivity index (χ2v) is 3.52. The van der Waals surface area contributed by atoms with Gasteiger partial charge in [-0.3, -0.25) is 4.79 Å². The van der Waals surface area contributed by atoms with E-state index in [4.69, 9.17) is 0 Å². The number of hydrogen-bond donors (Lipinski definition) is 3. The fourth-order valence-electron chi connectivity index (χ4n) is 1.46. The number of carbonyl (C=O) groups is 1. The van der Waals surface area contributed by atoms with Crippen molar-refractivity contribution in [2.45, 2.75) is 12.5 Å². The van der Waals surface area contributed by atoms with Crippen LogP contribution in [0, 0.1) is 0 Å². The molecule has 1 aromatic rings. The van der Waals surface area contributed by atoms with Crippen molar-refractivity contribution in [1.82, 2.24) is 10.6 Å². The van der Waals surface area contributed by atoms with Crippen molar-refractivity contribution in [2.75, 3.05) is 20.2 Å². The van der Waals surface area contributed by atoms with Crippen molar-refractivity contribution in [3.63, 3.8) is 0 Å². The maximum absolute atomic E-state index is 11.0. The highest BCUT2D eigenvalue weighted by Gasteiger charge is 2.09. The van der Waals surface area contributed by atoms with E-state index >= 15 is 0 Å². The Labute approximate surface area is 95.7 Å². The van der Waals surface area contributed by atoms with Crippen molar-refractivity contribution < 1.29 is 9.90 Å². The number of rotatable bonds is 6. The van der Waals surface area contributed by atoms with Crippen molar-refractivity contribution in [2.24, 2.45) is 0 Å². The molecule has 0 spiro atoms. The number of aliphatic hydroxyl groups excluding tert-OH is 1. The van der Waals surface area contributed by atoms with Gasteiger partial charge in [-0.25, -0.2) is 0 Å². The van der Waals surface area contributed by atoms with Gasteiger partial charge < -0.3 is 15.7 Å². The number of aliphatic hydroxyl groups is 1. The second-order valence-electron chi connectivity index (χ2n) is 3.52. The van der Waals surface area contributed by atoms with Crippen molar-refractivity contribution in [3.05, 3.63) is 35.9 Å². The Morgan fingerprint density at radius 2 is 2.06 bits per heavy atom. The normalized spacial score (nSPS) is 12.1. The van der Waals surface area contributed by atoms with E-state index in [-0.39, 0.29) is 18.6 Å². The smallest absolute Gasteiger partial charge is 0.221 e. The highest BCUT2D eigenvalue weighted by molar-refractivity contribution is 5.75. The SMILES string of the molecule is CNC(=O)CCNC(CO)c1ccccc1. The average Bonchev–Trinajstić information content (AvgIpc) is 2.35. The number of nitrogens with one attached hydrogen (secondary N) is 2. The van der Waals surface area contributed by atoms with Gasteiger partial charge in [0, 0.05) is 20.0 Å². The Morgan fingerprint density at radius 1 is 1.38 bits per heavy atom. The maximum atomic E-state index is 11.0. The Kier molecular flexibility index (Phi) is 5.53. The zero-order valence-corrected chi connectivity index (χ0v) is 9.44. The van der Waals surface area contributed by atoms with Crippen molar-refractivity contribution in [3.8, 4) is 0 Å². The van der Waals surface area contributed by atoms with Gasteiger partial charge in [-0.05, 0) is 5.56 Å². The Morgan fingerprint density at radius 3 is 2.62 bits per heavy atom. The van der Waals surface area contributed by atoms with Crippen LogP contribution in [0.15, 0.2) is 30.3 Å². The van der Waals surface area contributed by atoms with Crippen LogP contribution in [-0.4, -0.2) is 31.2 Å². The van der Waals surface area contributed by atoms with Crippen LogP contribution in [0.2, 0.25) is 0 Å². The summed E-state index contributed by atoms with van der Waals surface area (Å²) < 4.78 is 0. The number of carbonyl (C=O) groups excluding carboxylic acids is 1. The molecule has 88 valence electrons.